The summed E-state index contributed by atoms with van der Waals surface area (Å²) >= 11 is 7.33. The fraction of sp³-hybridized carbons (Fsp3) is 0.130. The first-order valence-corrected chi connectivity index (χ1v) is 10.8. The van der Waals surface area contributed by atoms with Gasteiger partial charge in [0.15, 0.2) is 5.16 Å². The van der Waals surface area contributed by atoms with E-state index in [1.807, 2.05) is 30.3 Å². The van der Waals surface area contributed by atoms with Crippen molar-refractivity contribution in [3.8, 4) is 17.2 Å². The van der Waals surface area contributed by atoms with Crippen LogP contribution in [0.15, 0.2) is 76.7 Å². The maximum atomic E-state index is 13.7. The fourth-order valence-corrected chi connectivity index (χ4v) is 4.03. The molecule has 0 fully saturated rings. The maximum Gasteiger partial charge on any atom is 0.266 e. The quantitative estimate of drug-likeness (QED) is 0.213. The Bertz CT molecular complexity index is 1280. The number of benzene rings is 3. The molecule has 0 amide bonds. The van der Waals surface area contributed by atoms with Crippen LogP contribution in [0, 0.1) is 5.82 Å². The maximum absolute atomic E-state index is 13.7. The highest BCUT2D eigenvalue weighted by Gasteiger charge is 2.14. The second-order valence-electron chi connectivity index (χ2n) is 6.52. The second kappa shape index (κ2) is 9.41. The molecule has 0 atom stereocenters. The molecule has 0 saturated heterocycles. The van der Waals surface area contributed by atoms with Crippen LogP contribution >= 0.6 is 23.4 Å². The molecule has 158 valence electrons. The summed E-state index contributed by atoms with van der Waals surface area (Å²) in [6.45, 7) is 0.407. The van der Waals surface area contributed by atoms with Gasteiger partial charge in [0.2, 0.25) is 0 Å². The molecule has 0 spiro atoms. The predicted molar refractivity (Wildman–Crippen MR) is 122 cm³/mol. The van der Waals surface area contributed by atoms with Gasteiger partial charge in [-0.2, -0.15) is 0 Å². The summed E-state index contributed by atoms with van der Waals surface area (Å²) in [4.78, 5) is 17.8. The molecule has 31 heavy (non-hydrogen) atoms. The third-order valence-electron chi connectivity index (χ3n) is 4.55. The van der Waals surface area contributed by atoms with E-state index in [1.54, 1.807) is 25.3 Å². The van der Waals surface area contributed by atoms with Gasteiger partial charge in [0.1, 0.15) is 17.3 Å². The summed E-state index contributed by atoms with van der Waals surface area (Å²) in [6, 6.07) is 18.6. The highest BCUT2D eigenvalue weighted by Crippen LogP contribution is 2.25. The van der Waals surface area contributed by atoms with Crippen LogP contribution < -0.4 is 15.0 Å². The van der Waals surface area contributed by atoms with Gasteiger partial charge in [-0.15, -0.1) is 0 Å². The topological polar surface area (TPSA) is 53.4 Å². The Kier molecular flexibility index (Phi) is 6.44. The molecule has 0 saturated carbocycles. The molecule has 0 aliphatic heterocycles. The van der Waals surface area contributed by atoms with E-state index < -0.39 is 5.82 Å². The van der Waals surface area contributed by atoms with Gasteiger partial charge in [-0.1, -0.05) is 35.5 Å². The number of methoxy groups -OCH3 is 1. The molecule has 8 heteroatoms. The molecule has 1 heterocycles. The minimum Gasteiger partial charge on any atom is -0.497 e. The van der Waals surface area contributed by atoms with Crippen molar-refractivity contribution in [3.63, 3.8) is 0 Å². The SMILES string of the molecule is COc1ccc(OCCSc2nc3ccccc3c(=O)n2-c2ccc(F)c(Cl)c2)cc1. The van der Waals surface area contributed by atoms with Crippen LogP contribution in [-0.4, -0.2) is 29.0 Å². The zero-order valence-electron chi connectivity index (χ0n) is 16.5. The number of para-hydroxylation sites is 1. The molecule has 0 unspecified atom stereocenters. The van der Waals surface area contributed by atoms with E-state index in [0.29, 0.717) is 34.1 Å². The standard InChI is InChI=1S/C23H18ClFN2O3S/c1-29-16-7-9-17(10-8-16)30-12-13-31-23-26-21-5-3-2-4-18(21)22(28)27(23)15-6-11-20(25)19(24)14-15/h2-11,14H,12-13H2,1H3. The van der Waals surface area contributed by atoms with Crippen molar-refractivity contribution < 1.29 is 13.9 Å². The third-order valence-corrected chi connectivity index (χ3v) is 5.74. The Morgan fingerprint density at radius 2 is 1.81 bits per heavy atom. The lowest BCUT2D eigenvalue weighted by Gasteiger charge is -2.14. The molecule has 5 nitrogen and oxygen atoms in total. The van der Waals surface area contributed by atoms with Crippen molar-refractivity contribution in [2.75, 3.05) is 19.5 Å². The van der Waals surface area contributed by atoms with Crippen LogP contribution in [0.25, 0.3) is 16.6 Å². The molecule has 0 aliphatic rings. The molecule has 1 aromatic heterocycles. The Morgan fingerprint density at radius 3 is 2.55 bits per heavy atom. The van der Waals surface area contributed by atoms with Gasteiger partial charge < -0.3 is 9.47 Å². The lowest BCUT2D eigenvalue weighted by molar-refractivity contribution is 0.342. The fourth-order valence-electron chi connectivity index (χ4n) is 3.03. The van der Waals surface area contributed by atoms with Crippen molar-refractivity contribution in [3.05, 3.63) is 87.9 Å². The first-order chi connectivity index (χ1) is 15.1. The van der Waals surface area contributed by atoms with Crippen LogP contribution in [-0.2, 0) is 0 Å². The van der Waals surface area contributed by atoms with E-state index in [-0.39, 0.29) is 10.6 Å². The van der Waals surface area contributed by atoms with Crippen LogP contribution in [0.4, 0.5) is 4.39 Å². The Morgan fingerprint density at radius 1 is 1.06 bits per heavy atom. The highest BCUT2D eigenvalue weighted by atomic mass is 35.5. The summed E-state index contributed by atoms with van der Waals surface area (Å²) in [5, 5.41) is 0.892. The number of hydrogen-bond donors (Lipinski definition) is 0. The van der Waals surface area contributed by atoms with E-state index >= 15 is 0 Å². The van der Waals surface area contributed by atoms with Gasteiger partial charge in [0.25, 0.3) is 5.56 Å². The normalized spacial score (nSPS) is 10.9. The summed E-state index contributed by atoms with van der Waals surface area (Å²) in [6.07, 6.45) is 0. The summed E-state index contributed by atoms with van der Waals surface area (Å²) in [5.41, 5.74) is 0.801. The second-order valence-corrected chi connectivity index (χ2v) is 7.99. The molecule has 0 bridgehead atoms. The highest BCUT2D eigenvalue weighted by molar-refractivity contribution is 7.99. The van der Waals surface area contributed by atoms with Crippen molar-refractivity contribution in [2.45, 2.75) is 5.16 Å². The van der Waals surface area contributed by atoms with E-state index in [4.69, 9.17) is 21.1 Å². The predicted octanol–water partition coefficient (Wildman–Crippen LogP) is 5.36. The molecule has 3 aromatic carbocycles. The number of thioether (sulfide) groups is 1. The average molecular weight is 457 g/mol. The molecule has 0 aliphatic carbocycles. The third kappa shape index (κ3) is 4.68. The molecule has 4 aromatic rings. The van der Waals surface area contributed by atoms with Crippen LogP contribution in [0.5, 0.6) is 11.5 Å². The van der Waals surface area contributed by atoms with E-state index in [2.05, 4.69) is 4.98 Å². The van der Waals surface area contributed by atoms with E-state index in [1.165, 1.54) is 34.5 Å². The smallest absolute Gasteiger partial charge is 0.266 e. The average Bonchev–Trinajstić information content (AvgIpc) is 2.79. The van der Waals surface area contributed by atoms with Crippen LogP contribution in [0.3, 0.4) is 0 Å². The minimum atomic E-state index is -0.547. The summed E-state index contributed by atoms with van der Waals surface area (Å²) < 4.78 is 26.0. The monoisotopic (exact) mass is 456 g/mol. The number of halogens is 2. The van der Waals surface area contributed by atoms with Crippen molar-refractivity contribution in [1.82, 2.24) is 9.55 Å². The number of aromatic nitrogens is 2. The number of hydrogen-bond acceptors (Lipinski definition) is 5. The summed E-state index contributed by atoms with van der Waals surface area (Å²) in [5.74, 6) is 1.47. The number of rotatable bonds is 7. The first-order valence-electron chi connectivity index (χ1n) is 9.43. The van der Waals surface area contributed by atoms with E-state index in [9.17, 15) is 9.18 Å². The number of fused-ring (bicyclic) bond motifs is 1. The summed E-state index contributed by atoms with van der Waals surface area (Å²) in [7, 11) is 1.61. The number of nitrogens with zero attached hydrogens (tertiary/aromatic N) is 2. The zero-order chi connectivity index (χ0) is 21.8. The Labute approximate surface area is 187 Å². The van der Waals surface area contributed by atoms with Gasteiger partial charge in [0.05, 0.1) is 35.3 Å². The zero-order valence-corrected chi connectivity index (χ0v) is 18.1. The van der Waals surface area contributed by atoms with Gasteiger partial charge in [-0.3, -0.25) is 9.36 Å². The molecule has 4 rings (SSSR count). The lowest BCUT2D eigenvalue weighted by atomic mass is 10.2. The number of ether oxygens (including phenoxy) is 2. The van der Waals surface area contributed by atoms with Gasteiger partial charge in [0, 0.05) is 5.75 Å². The van der Waals surface area contributed by atoms with Gasteiger partial charge >= 0.3 is 0 Å². The van der Waals surface area contributed by atoms with Crippen LogP contribution in [0.1, 0.15) is 0 Å². The molecule has 0 radical (unpaired) electrons. The Hall–Kier alpha value is -3.03. The Balaban J connectivity index is 1.60. The molecule has 0 N–H and O–H groups in total. The van der Waals surface area contributed by atoms with Crippen LogP contribution in [0.2, 0.25) is 5.02 Å². The molecular weight excluding hydrogens is 439 g/mol. The van der Waals surface area contributed by atoms with Gasteiger partial charge in [-0.05, 0) is 54.6 Å². The van der Waals surface area contributed by atoms with Crippen molar-refractivity contribution in [1.29, 1.82) is 0 Å². The largest absolute Gasteiger partial charge is 0.497 e. The minimum absolute atomic E-state index is 0.0589. The van der Waals surface area contributed by atoms with Crippen molar-refractivity contribution >= 4 is 34.3 Å². The van der Waals surface area contributed by atoms with Gasteiger partial charge in [-0.25, -0.2) is 9.37 Å². The van der Waals surface area contributed by atoms with E-state index in [0.717, 1.165) is 11.5 Å². The van der Waals surface area contributed by atoms with Crippen molar-refractivity contribution in [2.24, 2.45) is 0 Å². The first kappa shape index (κ1) is 21.2. The molecular formula is C23H18ClFN2O3S. The lowest BCUT2D eigenvalue weighted by Crippen LogP contribution is -2.22.